The Morgan fingerprint density at radius 1 is 1.25 bits per heavy atom. The molecule has 1 aromatic rings. The summed E-state index contributed by atoms with van der Waals surface area (Å²) in [5, 5.41) is 0. The monoisotopic (exact) mass is 474 g/mol. The first-order valence-corrected chi connectivity index (χ1v) is 14.0. The number of hydrogen-bond donors (Lipinski definition) is 0. The summed E-state index contributed by atoms with van der Waals surface area (Å²) in [6.45, 7) is 0. The summed E-state index contributed by atoms with van der Waals surface area (Å²) in [4.78, 5) is 2.04. The van der Waals surface area contributed by atoms with Gasteiger partial charge in [0.15, 0.2) is 0 Å². The molecule has 1 aliphatic carbocycles. The molecule has 1 atom stereocenters. The first kappa shape index (κ1) is 15.2. The number of halogens is 2. The Hall–Kier alpha value is 0.280. The topological polar surface area (TPSA) is 18.5 Å². The van der Waals surface area contributed by atoms with Crippen LogP contribution in [0.1, 0.15) is 32.1 Å². The summed E-state index contributed by atoms with van der Waals surface area (Å²) in [7, 11) is 8.62. The van der Waals surface area contributed by atoms with Crippen LogP contribution in [0.5, 0.6) is 5.75 Å². The molecule has 2 aliphatic rings. The average Bonchev–Trinajstić information content (AvgIpc) is 2.48. The first-order chi connectivity index (χ1) is 9.64. The Morgan fingerprint density at radius 3 is 2.45 bits per heavy atom. The predicted octanol–water partition coefficient (Wildman–Crippen LogP) is 4.13. The number of rotatable bonds is 2. The van der Waals surface area contributed by atoms with Crippen LogP contribution in [0.2, 0.25) is 0 Å². The molecule has 1 spiro atoms. The fourth-order valence-electron chi connectivity index (χ4n) is 3.05. The van der Waals surface area contributed by atoms with Crippen molar-refractivity contribution in [1.29, 1.82) is 0 Å². The molecule has 1 aliphatic heterocycles. The SMILES string of the molecule is COc1ccc([Te]2(Cl)OC3(CCCCC3)/C2=C\Br)cc1. The van der Waals surface area contributed by atoms with Crippen LogP contribution in [-0.4, -0.2) is 30.2 Å². The molecule has 1 unspecified atom stereocenters. The van der Waals surface area contributed by atoms with Crippen molar-refractivity contribution < 1.29 is 7.84 Å². The van der Waals surface area contributed by atoms with Crippen LogP contribution in [0.15, 0.2) is 32.9 Å². The summed E-state index contributed by atoms with van der Waals surface area (Å²) in [5.74, 6) is 0.855. The molecule has 3 rings (SSSR count). The Labute approximate surface area is 136 Å². The van der Waals surface area contributed by atoms with E-state index in [1.807, 2.05) is 17.1 Å². The Bertz CT molecular complexity index is 525. The Morgan fingerprint density at radius 2 is 1.90 bits per heavy atom. The van der Waals surface area contributed by atoms with Gasteiger partial charge in [0, 0.05) is 0 Å². The van der Waals surface area contributed by atoms with Crippen LogP contribution in [0, 0.1) is 0 Å². The fourth-order valence-corrected chi connectivity index (χ4v) is 15.4. The van der Waals surface area contributed by atoms with Crippen LogP contribution < -0.4 is 8.35 Å². The second-order valence-corrected chi connectivity index (χ2v) is 14.5. The quantitative estimate of drug-likeness (QED) is 0.602. The summed E-state index contributed by atoms with van der Waals surface area (Å²) < 4.78 is 14.1. The minimum absolute atomic E-state index is 0.0649. The van der Waals surface area contributed by atoms with Crippen molar-refractivity contribution in [3.8, 4) is 5.75 Å². The van der Waals surface area contributed by atoms with Crippen molar-refractivity contribution >= 4 is 46.0 Å². The van der Waals surface area contributed by atoms with Gasteiger partial charge in [-0.1, -0.05) is 0 Å². The molecule has 1 saturated carbocycles. The van der Waals surface area contributed by atoms with Gasteiger partial charge in [0.25, 0.3) is 0 Å². The van der Waals surface area contributed by atoms with Crippen LogP contribution in [0.4, 0.5) is 0 Å². The number of hydrogen-bond acceptors (Lipinski definition) is 2. The van der Waals surface area contributed by atoms with Gasteiger partial charge in [-0.25, -0.2) is 0 Å². The fraction of sp³-hybridized carbons (Fsp3) is 0.467. The molecule has 2 nitrogen and oxygen atoms in total. The van der Waals surface area contributed by atoms with Crippen molar-refractivity contribution in [3.63, 3.8) is 0 Å². The van der Waals surface area contributed by atoms with Gasteiger partial charge in [0.05, 0.1) is 0 Å². The summed E-state index contributed by atoms with van der Waals surface area (Å²) in [6.07, 6.45) is 6.01. The molecule has 0 N–H and O–H groups in total. The Balaban J connectivity index is 1.89. The summed E-state index contributed by atoms with van der Waals surface area (Å²) in [5.41, 5.74) is -0.0649. The zero-order chi connectivity index (χ0) is 14.2. The molecular formula is C15H18BrClO2Te. The normalized spacial score (nSPS) is 33.5. The van der Waals surface area contributed by atoms with Crippen molar-refractivity contribution in [1.82, 2.24) is 0 Å². The van der Waals surface area contributed by atoms with Crippen molar-refractivity contribution in [2.75, 3.05) is 7.11 Å². The van der Waals surface area contributed by atoms with E-state index in [0.29, 0.717) is 0 Å². The molecule has 20 heavy (non-hydrogen) atoms. The standard InChI is InChI=1S/C15H18BrClO2Te/c1-18-12-5-7-13(8-6-12)20(17)14(11-16)15(19-20)9-3-2-4-10-15/h5-8,11H,2-4,9-10H2,1H3/b14-11+. The van der Waals surface area contributed by atoms with E-state index in [0.717, 1.165) is 22.2 Å². The van der Waals surface area contributed by atoms with E-state index in [1.165, 1.54) is 22.9 Å². The molecule has 0 bridgehead atoms. The van der Waals surface area contributed by atoms with Gasteiger partial charge in [-0.3, -0.25) is 0 Å². The predicted molar refractivity (Wildman–Crippen MR) is 88.1 cm³/mol. The number of methoxy groups -OCH3 is 1. The second kappa shape index (κ2) is 5.82. The van der Waals surface area contributed by atoms with Crippen LogP contribution >= 0.6 is 24.9 Å². The third kappa shape index (κ3) is 2.34. The molecule has 110 valence electrons. The van der Waals surface area contributed by atoms with E-state index in [9.17, 15) is 0 Å². The van der Waals surface area contributed by atoms with Gasteiger partial charge in [-0.2, -0.15) is 0 Å². The second-order valence-electron chi connectivity index (χ2n) is 5.27. The van der Waals surface area contributed by atoms with Gasteiger partial charge in [-0.05, 0) is 0 Å². The van der Waals surface area contributed by atoms with Crippen molar-refractivity contribution in [2.45, 2.75) is 37.7 Å². The van der Waals surface area contributed by atoms with Crippen LogP contribution in [-0.2, 0) is 3.10 Å². The average molecular weight is 473 g/mol. The van der Waals surface area contributed by atoms with E-state index in [-0.39, 0.29) is 5.60 Å². The minimum atomic E-state index is -3.07. The van der Waals surface area contributed by atoms with Gasteiger partial charge in [0.1, 0.15) is 0 Å². The Kier molecular flexibility index (Phi) is 4.42. The van der Waals surface area contributed by atoms with Gasteiger partial charge < -0.3 is 0 Å². The molecular weight excluding hydrogens is 455 g/mol. The zero-order valence-electron chi connectivity index (χ0n) is 11.4. The summed E-state index contributed by atoms with van der Waals surface area (Å²) in [6, 6.07) is 8.04. The third-order valence-electron chi connectivity index (χ3n) is 4.13. The van der Waals surface area contributed by atoms with Gasteiger partial charge >= 0.3 is 137 Å². The number of benzene rings is 1. The molecule has 5 heteroatoms. The molecule has 0 aromatic heterocycles. The van der Waals surface area contributed by atoms with Crippen molar-refractivity contribution in [3.05, 3.63) is 32.9 Å². The third-order valence-corrected chi connectivity index (χ3v) is 15.3. The van der Waals surface area contributed by atoms with Crippen LogP contribution in [0.3, 0.4) is 0 Å². The van der Waals surface area contributed by atoms with Gasteiger partial charge in [-0.15, -0.1) is 0 Å². The van der Waals surface area contributed by atoms with E-state index in [4.69, 9.17) is 16.8 Å². The van der Waals surface area contributed by atoms with Crippen LogP contribution in [0.25, 0.3) is 0 Å². The molecule has 1 saturated heterocycles. The van der Waals surface area contributed by atoms with E-state index in [1.54, 1.807) is 7.11 Å². The number of ether oxygens (including phenoxy) is 1. The molecule has 0 amide bonds. The molecule has 1 aromatic carbocycles. The zero-order valence-corrected chi connectivity index (χ0v) is 16.1. The van der Waals surface area contributed by atoms with E-state index in [2.05, 4.69) is 28.1 Å². The molecule has 1 heterocycles. The van der Waals surface area contributed by atoms with E-state index < -0.39 is 17.5 Å². The molecule has 0 radical (unpaired) electrons. The van der Waals surface area contributed by atoms with Gasteiger partial charge in [0.2, 0.25) is 0 Å². The maximum absolute atomic E-state index is 6.95. The van der Waals surface area contributed by atoms with Crippen molar-refractivity contribution in [2.24, 2.45) is 0 Å². The van der Waals surface area contributed by atoms with E-state index >= 15 is 0 Å². The summed E-state index contributed by atoms with van der Waals surface area (Å²) >= 11 is 0.464. The molecule has 2 fully saturated rings. The first-order valence-electron chi connectivity index (χ1n) is 6.83. The maximum atomic E-state index is 6.95.